The van der Waals surface area contributed by atoms with E-state index in [2.05, 4.69) is 18.3 Å². The van der Waals surface area contributed by atoms with Crippen LogP contribution in [-0.2, 0) is 0 Å². The van der Waals surface area contributed by atoms with E-state index in [0.29, 0.717) is 17.9 Å². The first-order valence-electron chi connectivity index (χ1n) is 6.68. The van der Waals surface area contributed by atoms with Gasteiger partial charge in [0.25, 0.3) is 0 Å². The van der Waals surface area contributed by atoms with Crippen molar-refractivity contribution < 1.29 is 9.84 Å². The molecule has 0 saturated heterocycles. The Kier molecular flexibility index (Phi) is 4.41. The highest BCUT2D eigenvalue weighted by atomic mass is 16.5. The van der Waals surface area contributed by atoms with E-state index >= 15 is 0 Å². The van der Waals surface area contributed by atoms with E-state index < -0.39 is 6.10 Å². The summed E-state index contributed by atoms with van der Waals surface area (Å²) in [6, 6.07) is 9.13. The van der Waals surface area contributed by atoms with Gasteiger partial charge in [-0.2, -0.15) is 5.26 Å². The summed E-state index contributed by atoms with van der Waals surface area (Å²) in [5.41, 5.74) is 0.680. The summed E-state index contributed by atoms with van der Waals surface area (Å²) in [4.78, 5) is 0. The fourth-order valence-electron chi connectivity index (χ4n) is 2.18. The molecule has 4 heteroatoms. The normalized spacial score (nSPS) is 18.2. The van der Waals surface area contributed by atoms with Crippen molar-refractivity contribution in [1.82, 2.24) is 5.32 Å². The molecule has 1 saturated carbocycles. The summed E-state index contributed by atoms with van der Waals surface area (Å²) in [6.45, 7) is 2.89. The van der Waals surface area contributed by atoms with Crippen LogP contribution in [0.2, 0.25) is 0 Å². The maximum absolute atomic E-state index is 9.89. The molecule has 1 fully saturated rings. The molecule has 1 aliphatic rings. The van der Waals surface area contributed by atoms with E-state index in [1.54, 1.807) is 18.2 Å². The van der Waals surface area contributed by atoms with Gasteiger partial charge in [0.2, 0.25) is 0 Å². The molecular weight excluding hydrogens is 240 g/mol. The monoisotopic (exact) mass is 260 g/mol. The Morgan fingerprint density at radius 3 is 2.84 bits per heavy atom. The average molecular weight is 260 g/mol. The van der Waals surface area contributed by atoms with Gasteiger partial charge in [-0.05, 0) is 38.3 Å². The van der Waals surface area contributed by atoms with Crippen LogP contribution in [0.5, 0.6) is 5.75 Å². The van der Waals surface area contributed by atoms with Crippen LogP contribution in [0.4, 0.5) is 0 Å². The second kappa shape index (κ2) is 6.05. The van der Waals surface area contributed by atoms with Crippen LogP contribution in [0.3, 0.4) is 0 Å². The van der Waals surface area contributed by atoms with Gasteiger partial charge in [0.1, 0.15) is 24.5 Å². The van der Waals surface area contributed by atoms with Crippen molar-refractivity contribution in [2.45, 2.75) is 37.8 Å². The number of para-hydroxylation sites is 1. The lowest BCUT2D eigenvalue weighted by atomic mass is 9.78. The predicted molar refractivity (Wildman–Crippen MR) is 72.9 cm³/mol. The number of hydrogen-bond acceptors (Lipinski definition) is 4. The van der Waals surface area contributed by atoms with Gasteiger partial charge in [-0.1, -0.05) is 12.1 Å². The number of β-amino-alcohol motifs (C(OH)–C–C–N with tert-alkyl or cyclic N) is 1. The lowest BCUT2D eigenvalue weighted by Crippen LogP contribution is -2.51. The number of nitriles is 1. The van der Waals surface area contributed by atoms with Crippen molar-refractivity contribution in [1.29, 1.82) is 5.26 Å². The molecule has 0 spiro atoms. The van der Waals surface area contributed by atoms with Crippen LogP contribution in [-0.4, -0.2) is 29.9 Å². The maximum Gasteiger partial charge on any atom is 0.137 e. The molecule has 1 aromatic carbocycles. The van der Waals surface area contributed by atoms with Crippen LogP contribution in [0.15, 0.2) is 24.3 Å². The lowest BCUT2D eigenvalue weighted by molar-refractivity contribution is 0.0867. The summed E-state index contributed by atoms with van der Waals surface area (Å²) < 4.78 is 5.49. The Labute approximate surface area is 114 Å². The molecule has 2 N–H and O–H groups in total. The third-order valence-electron chi connectivity index (χ3n) is 3.66. The Hall–Kier alpha value is -1.57. The SMILES string of the molecule is CC1(NCC(O)COc2ccccc2C#N)CCC1. The third kappa shape index (κ3) is 3.69. The van der Waals surface area contributed by atoms with Crippen LogP contribution in [0.1, 0.15) is 31.7 Å². The first-order valence-corrected chi connectivity index (χ1v) is 6.68. The lowest BCUT2D eigenvalue weighted by Gasteiger charge is -2.40. The quantitative estimate of drug-likeness (QED) is 0.819. The molecule has 1 aliphatic carbocycles. The molecule has 0 amide bonds. The molecule has 0 bridgehead atoms. The van der Waals surface area contributed by atoms with E-state index in [-0.39, 0.29) is 12.1 Å². The third-order valence-corrected chi connectivity index (χ3v) is 3.66. The molecular formula is C15H20N2O2. The largest absolute Gasteiger partial charge is 0.489 e. The molecule has 1 aromatic rings. The van der Waals surface area contributed by atoms with Gasteiger partial charge < -0.3 is 15.2 Å². The number of aliphatic hydroxyl groups is 1. The van der Waals surface area contributed by atoms with Gasteiger partial charge in [0, 0.05) is 12.1 Å². The number of rotatable bonds is 6. The van der Waals surface area contributed by atoms with Crippen molar-refractivity contribution >= 4 is 0 Å². The van der Waals surface area contributed by atoms with Gasteiger partial charge in [-0.3, -0.25) is 0 Å². The van der Waals surface area contributed by atoms with Gasteiger partial charge in [0.05, 0.1) is 5.56 Å². The molecule has 2 rings (SSSR count). The molecule has 0 radical (unpaired) electrons. The number of nitrogens with one attached hydrogen (secondary N) is 1. The van der Waals surface area contributed by atoms with E-state index in [4.69, 9.17) is 10.00 Å². The summed E-state index contributed by atoms with van der Waals surface area (Å²) >= 11 is 0. The highest BCUT2D eigenvalue weighted by Gasteiger charge is 2.31. The Bertz CT molecular complexity index is 463. The maximum atomic E-state index is 9.89. The Morgan fingerprint density at radius 2 is 2.21 bits per heavy atom. The van der Waals surface area contributed by atoms with Crippen molar-refractivity contribution in [3.05, 3.63) is 29.8 Å². The van der Waals surface area contributed by atoms with Gasteiger partial charge in [-0.25, -0.2) is 0 Å². The second-order valence-electron chi connectivity index (χ2n) is 5.37. The van der Waals surface area contributed by atoms with E-state index in [0.717, 1.165) is 12.8 Å². The van der Waals surface area contributed by atoms with Crippen LogP contribution in [0.25, 0.3) is 0 Å². The molecule has 0 aromatic heterocycles. The minimum absolute atomic E-state index is 0.186. The fraction of sp³-hybridized carbons (Fsp3) is 0.533. The molecule has 0 aliphatic heterocycles. The Balaban J connectivity index is 1.77. The van der Waals surface area contributed by atoms with Gasteiger partial charge in [-0.15, -0.1) is 0 Å². The first kappa shape index (κ1) is 13.9. The molecule has 102 valence electrons. The van der Waals surface area contributed by atoms with E-state index in [1.807, 2.05) is 6.07 Å². The highest BCUT2D eigenvalue weighted by molar-refractivity contribution is 5.42. The van der Waals surface area contributed by atoms with Crippen molar-refractivity contribution in [3.8, 4) is 11.8 Å². The number of ether oxygens (including phenoxy) is 1. The zero-order valence-corrected chi connectivity index (χ0v) is 11.2. The zero-order chi connectivity index (χ0) is 13.7. The van der Waals surface area contributed by atoms with Gasteiger partial charge >= 0.3 is 0 Å². The number of benzene rings is 1. The second-order valence-corrected chi connectivity index (χ2v) is 5.37. The minimum atomic E-state index is -0.566. The molecule has 1 unspecified atom stereocenters. The number of nitrogens with zero attached hydrogens (tertiary/aromatic N) is 1. The highest BCUT2D eigenvalue weighted by Crippen LogP contribution is 2.30. The predicted octanol–water partition coefficient (Wildman–Crippen LogP) is 1.83. The minimum Gasteiger partial charge on any atom is -0.489 e. The molecule has 4 nitrogen and oxygen atoms in total. The molecule has 19 heavy (non-hydrogen) atoms. The van der Waals surface area contributed by atoms with Gasteiger partial charge in [0.15, 0.2) is 0 Å². The van der Waals surface area contributed by atoms with E-state index in [9.17, 15) is 5.11 Å². The zero-order valence-electron chi connectivity index (χ0n) is 11.2. The first-order chi connectivity index (χ1) is 9.13. The smallest absolute Gasteiger partial charge is 0.137 e. The van der Waals surface area contributed by atoms with Crippen molar-refractivity contribution in [3.63, 3.8) is 0 Å². The summed E-state index contributed by atoms with van der Waals surface area (Å²) in [5.74, 6) is 0.527. The average Bonchev–Trinajstić information content (AvgIpc) is 2.41. The topological polar surface area (TPSA) is 65.3 Å². The summed E-state index contributed by atoms with van der Waals surface area (Å²) in [5, 5.41) is 22.2. The van der Waals surface area contributed by atoms with Crippen LogP contribution in [0, 0.1) is 11.3 Å². The fourth-order valence-corrected chi connectivity index (χ4v) is 2.18. The van der Waals surface area contributed by atoms with Crippen LogP contribution < -0.4 is 10.1 Å². The van der Waals surface area contributed by atoms with Crippen molar-refractivity contribution in [2.24, 2.45) is 0 Å². The standard InChI is InChI=1S/C15H20N2O2/c1-15(7-4-8-15)17-10-13(18)11-19-14-6-3-2-5-12(14)9-16/h2-3,5-6,13,17-18H,4,7-8,10-11H2,1H3. The Morgan fingerprint density at radius 1 is 1.47 bits per heavy atom. The molecule has 1 atom stereocenters. The summed E-state index contributed by atoms with van der Waals surface area (Å²) in [6.07, 6.45) is 3.02. The summed E-state index contributed by atoms with van der Waals surface area (Å²) in [7, 11) is 0. The molecule has 0 heterocycles. The van der Waals surface area contributed by atoms with Crippen LogP contribution >= 0.6 is 0 Å². The van der Waals surface area contributed by atoms with E-state index in [1.165, 1.54) is 6.42 Å². The number of hydrogen-bond donors (Lipinski definition) is 2. The number of aliphatic hydroxyl groups excluding tert-OH is 1. The van der Waals surface area contributed by atoms with Crippen molar-refractivity contribution in [2.75, 3.05) is 13.2 Å².